The van der Waals surface area contributed by atoms with Crippen molar-refractivity contribution in [2.45, 2.75) is 38.3 Å². The number of piperidine rings is 1. The maximum atomic E-state index is 10.9. The Hall–Kier alpha value is -0.610. The molecule has 4 nitrogen and oxygen atoms in total. The van der Waals surface area contributed by atoms with Crippen molar-refractivity contribution in [3.05, 3.63) is 0 Å². The molecule has 0 aromatic rings. The molecule has 0 spiro atoms. The first-order valence-corrected chi connectivity index (χ1v) is 4.87. The van der Waals surface area contributed by atoms with Gasteiger partial charge in [-0.2, -0.15) is 0 Å². The van der Waals surface area contributed by atoms with Crippen LogP contribution in [0.15, 0.2) is 0 Å². The van der Waals surface area contributed by atoms with Crippen LogP contribution in [0, 0.1) is 0 Å². The van der Waals surface area contributed by atoms with Crippen LogP contribution in [0.25, 0.3) is 0 Å². The van der Waals surface area contributed by atoms with Crippen LogP contribution in [-0.2, 0) is 4.79 Å². The molecule has 0 amide bonds. The highest BCUT2D eigenvalue weighted by Crippen LogP contribution is 2.13. The first-order chi connectivity index (χ1) is 6.15. The minimum absolute atomic E-state index is 0.155. The van der Waals surface area contributed by atoms with Crippen LogP contribution in [0.4, 0.5) is 0 Å². The zero-order chi connectivity index (χ0) is 9.84. The zero-order valence-corrected chi connectivity index (χ0v) is 8.07. The van der Waals surface area contributed by atoms with E-state index in [0.29, 0.717) is 6.42 Å². The van der Waals surface area contributed by atoms with Crippen molar-refractivity contribution in [1.29, 1.82) is 0 Å². The molecule has 1 aliphatic rings. The van der Waals surface area contributed by atoms with Crippen molar-refractivity contribution in [3.63, 3.8) is 0 Å². The first-order valence-electron chi connectivity index (χ1n) is 4.87. The SMILES string of the molecule is CCC(C(=O)O)N1CCCC(N)C1. The van der Waals surface area contributed by atoms with Gasteiger partial charge in [0.15, 0.2) is 0 Å². The van der Waals surface area contributed by atoms with Crippen molar-refractivity contribution in [3.8, 4) is 0 Å². The maximum Gasteiger partial charge on any atom is 0.320 e. The summed E-state index contributed by atoms with van der Waals surface area (Å²) in [4.78, 5) is 12.8. The smallest absolute Gasteiger partial charge is 0.320 e. The number of carbonyl (C=O) groups is 1. The molecule has 0 saturated carbocycles. The van der Waals surface area contributed by atoms with Gasteiger partial charge in [0, 0.05) is 12.6 Å². The van der Waals surface area contributed by atoms with Gasteiger partial charge in [-0.15, -0.1) is 0 Å². The number of likely N-dealkylation sites (tertiary alicyclic amines) is 1. The summed E-state index contributed by atoms with van der Waals surface area (Å²) in [5, 5.41) is 8.93. The molecule has 0 aromatic heterocycles. The van der Waals surface area contributed by atoms with E-state index in [1.54, 1.807) is 0 Å². The van der Waals surface area contributed by atoms with E-state index in [1.165, 1.54) is 0 Å². The van der Waals surface area contributed by atoms with Crippen molar-refractivity contribution < 1.29 is 9.90 Å². The van der Waals surface area contributed by atoms with Gasteiger partial charge in [-0.3, -0.25) is 9.69 Å². The molecule has 0 aliphatic carbocycles. The van der Waals surface area contributed by atoms with Crippen LogP contribution in [0.1, 0.15) is 26.2 Å². The van der Waals surface area contributed by atoms with E-state index in [-0.39, 0.29) is 12.1 Å². The molecule has 3 N–H and O–H groups in total. The summed E-state index contributed by atoms with van der Waals surface area (Å²) >= 11 is 0. The summed E-state index contributed by atoms with van der Waals surface area (Å²) in [5.41, 5.74) is 5.78. The van der Waals surface area contributed by atoms with Gasteiger partial charge in [0.1, 0.15) is 6.04 Å². The highest BCUT2D eigenvalue weighted by Gasteiger charge is 2.27. The monoisotopic (exact) mass is 186 g/mol. The standard InChI is InChI=1S/C9H18N2O2/c1-2-8(9(12)13)11-5-3-4-7(10)6-11/h7-8H,2-6,10H2,1H3,(H,12,13). The predicted molar refractivity (Wildman–Crippen MR) is 50.5 cm³/mol. The van der Waals surface area contributed by atoms with Gasteiger partial charge in [-0.1, -0.05) is 6.92 Å². The van der Waals surface area contributed by atoms with E-state index in [1.807, 2.05) is 11.8 Å². The van der Waals surface area contributed by atoms with E-state index in [2.05, 4.69) is 0 Å². The Kier molecular flexibility index (Phi) is 3.69. The molecule has 0 aromatic carbocycles. The van der Waals surface area contributed by atoms with Gasteiger partial charge in [-0.25, -0.2) is 0 Å². The summed E-state index contributed by atoms with van der Waals surface area (Å²) in [5.74, 6) is -0.725. The summed E-state index contributed by atoms with van der Waals surface area (Å²) in [6.07, 6.45) is 2.69. The quantitative estimate of drug-likeness (QED) is 0.664. The molecule has 1 rings (SSSR count). The number of carboxylic acids is 1. The minimum atomic E-state index is -0.725. The number of hydrogen-bond donors (Lipinski definition) is 2. The second kappa shape index (κ2) is 4.58. The van der Waals surface area contributed by atoms with Gasteiger partial charge in [0.05, 0.1) is 0 Å². The summed E-state index contributed by atoms with van der Waals surface area (Å²) in [6, 6.07) is -0.187. The van der Waals surface area contributed by atoms with Gasteiger partial charge >= 0.3 is 5.97 Å². The van der Waals surface area contributed by atoms with Gasteiger partial charge in [0.25, 0.3) is 0 Å². The predicted octanol–water partition coefficient (Wildman–Crippen LogP) is 0.273. The largest absolute Gasteiger partial charge is 0.480 e. The minimum Gasteiger partial charge on any atom is -0.480 e. The third kappa shape index (κ3) is 2.67. The molecule has 1 saturated heterocycles. The van der Waals surface area contributed by atoms with E-state index in [4.69, 9.17) is 10.8 Å². The number of aliphatic carboxylic acids is 1. The number of hydrogen-bond acceptors (Lipinski definition) is 3. The molecule has 2 unspecified atom stereocenters. The lowest BCUT2D eigenvalue weighted by atomic mass is 10.0. The van der Waals surface area contributed by atoms with E-state index in [0.717, 1.165) is 25.9 Å². The Morgan fingerprint density at radius 3 is 2.92 bits per heavy atom. The molecule has 1 fully saturated rings. The highest BCUT2D eigenvalue weighted by atomic mass is 16.4. The van der Waals surface area contributed by atoms with Crippen molar-refractivity contribution in [2.75, 3.05) is 13.1 Å². The van der Waals surface area contributed by atoms with Crippen LogP contribution in [0.3, 0.4) is 0 Å². The third-order valence-corrected chi connectivity index (χ3v) is 2.60. The van der Waals surface area contributed by atoms with Crippen LogP contribution in [0.5, 0.6) is 0 Å². The lowest BCUT2D eigenvalue weighted by Crippen LogP contribution is -2.50. The van der Waals surface area contributed by atoms with Crippen molar-refractivity contribution >= 4 is 5.97 Å². The Balaban J connectivity index is 2.52. The summed E-state index contributed by atoms with van der Waals surface area (Å²) < 4.78 is 0. The van der Waals surface area contributed by atoms with E-state index < -0.39 is 5.97 Å². The molecular formula is C9H18N2O2. The van der Waals surface area contributed by atoms with Crippen molar-refractivity contribution in [2.24, 2.45) is 5.73 Å². The molecule has 1 aliphatic heterocycles. The second-order valence-corrected chi connectivity index (χ2v) is 3.66. The molecule has 0 bridgehead atoms. The lowest BCUT2D eigenvalue weighted by Gasteiger charge is -2.34. The van der Waals surface area contributed by atoms with E-state index in [9.17, 15) is 4.79 Å². The number of nitrogens with two attached hydrogens (primary N) is 1. The van der Waals surface area contributed by atoms with Gasteiger partial charge in [-0.05, 0) is 25.8 Å². The Morgan fingerprint density at radius 2 is 2.46 bits per heavy atom. The molecule has 76 valence electrons. The summed E-state index contributed by atoms with van der Waals surface area (Å²) in [6.45, 7) is 3.50. The van der Waals surface area contributed by atoms with Crippen LogP contribution in [-0.4, -0.2) is 41.1 Å². The number of rotatable bonds is 3. The number of carboxylic acid groups (broad SMARTS) is 1. The van der Waals surface area contributed by atoms with Gasteiger partial charge in [0.2, 0.25) is 0 Å². The lowest BCUT2D eigenvalue weighted by molar-refractivity contribution is -0.143. The second-order valence-electron chi connectivity index (χ2n) is 3.66. The third-order valence-electron chi connectivity index (χ3n) is 2.60. The molecule has 0 radical (unpaired) electrons. The van der Waals surface area contributed by atoms with Crippen LogP contribution < -0.4 is 5.73 Å². The fourth-order valence-electron chi connectivity index (χ4n) is 1.91. The molecular weight excluding hydrogens is 168 g/mol. The Bertz CT molecular complexity index is 184. The number of nitrogens with zero attached hydrogens (tertiary/aromatic N) is 1. The fraction of sp³-hybridized carbons (Fsp3) is 0.889. The van der Waals surface area contributed by atoms with Crippen molar-refractivity contribution in [1.82, 2.24) is 4.90 Å². The molecule has 4 heteroatoms. The first kappa shape index (κ1) is 10.5. The molecule has 13 heavy (non-hydrogen) atoms. The average Bonchev–Trinajstić information content (AvgIpc) is 2.04. The topological polar surface area (TPSA) is 66.6 Å². The molecule has 2 atom stereocenters. The fourth-order valence-corrected chi connectivity index (χ4v) is 1.91. The Labute approximate surface area is 78.7 Å². The highest BCUT2D eigenvalue weighted by molar-refractivity contribution is 5.73. The average molecular weight is 186 g/mol. The van der Waals surface area contributed by atoms with Gasteiger partial charge < -0.3 is 10.8 Å². The zero-order valence-electron chi connectivity index (χ0n) is 8.07. The van der Waals surface area contributed by atoms with Crippen LogP contribution in [0.2, 0.25) is 0 Å². The van der Waals surface area contributed by atoms with E-state index >= 15 is 0 Å². The normalized spacial score (nSPS) is 27.1. The maximum absolute atomic E-state index is 10.9. The summed E-state index contributed by atoms with van der Waals surface area (Å²) in [7, 11) is 0. The molecule has 1 heterocycles. The Morgan fingerprint density at radius 1 is 1.77 bits per heavy atom. The van der Waals surface area contributed by atoms with Crippen LogP contribution >= 0.6 is 0 Å².